The van der Waals surface area contributed by atoms with Crippen LogP contribution in [-0.2, 0) is 9.59 Å². The average molecular weight is 446 g/mol. The number of hydrogen-bond donors (Lipinski definition) is 3. The van der Waals surface area contributed by atoms with Crippen LogP contribution >= 0.6 is 0 Å². The number of methoxy groups -OCH3 is 1. The largest absolute Gasteiger partial charge is 0.508 e. The van der Waals surface area contributed by atoms with E-state index in [1.807, 2.05) is 0 Å². The maximum atomic E-state index is 13.0. The first-order valence-corrected chi connectivity index (χ1v) is 9.90. The van der Waals surface area contributed by atoms with Gasteiger partial charge < -0.3 is 25.2 Å². The van der Waals surface area contributed by atoms with Gasteiger partial charge in [-0.1, -0.05) is 24.3 Å². The molecule has 0 saturated carbocycles. The molecule has 0 aromatic heterocycles. The molecule has 0 saturated heterocycles. The first-order chi connectivity index (χ1) is 15.9. The van der Waals surface area contributed by atoms with Gasteiger partial charge in [0.05, 0.1) is 7.11 Å². The number of esters is 1. The number of carbonyl (C=O) groups excluding carboxylic acids is 3. The fourth-order valence-electron chi connectivity index (χ4n) is 2.87. The molecule has 8 nitrogen and oxygen atoms in total. The molecule has 3 rings (SSSR count). The lowest BCUT2D eigenvalue weighted by atomic mass is 10.1. The maximum Gasteiger partial charge on any atom is 0.308 e. The van der Waals surface area contributed by atoms with Gasteiger partial charge in [-0.2, -0.15) is 0 Å². The van der Waals surface area contributed by atoms with Gasteiger partial charge in [-0.05, 0) is 60.2 Å². The summed E-state index contributed by atoms with van der Waals surface area (Å²) in [6.45, 7) is 1.28. The van der Waals surface area contributed by atoms with E-state index in [0.717, 1.165) is 0 Å². The zero-order valence-corrected chi connectivity index (χ0v) is 18.0. The number of carbonyl (C=O) groups is 3. The minimum atomic E-state index is -0.576. The monoisotopic (exact) mass is 446 g/mol. The Hall–Kier alpha value is -4.59. The third kappa shape index (κ3) is 6.44. The average Bonchev–Trinajstić information content (AvgIpc) is 2.81. The minimum Gasteiger partial charge on any atom is -0.508 e. The molecule has 0 bridgehead atoms. The van der Waals surface area contributed by atoms with Gasteiger partial charge in [0.2, 0.25) is 0 Å². The van der Waals surface area contributed by atoms with E-state index in [0.29, 0.717) is 16.8 Å². The number of amides is 2. The summed E-state index contributed by atoms with van der Waals surface area (Å²) in [5.74, 6) is -0.974. The van der Waals surface area contributed by atoms with Crippen LogP contribution in [0.3, 0.4) is 0 Å². The van der Waals surface area contributed by atoms with Crippen molar-refractivity contribution in [3.05, 3.63) is 89.6 Å². The number of benzene rings is 3. The van der Waals surface area contributed by atoms with Crippen molar-refractivity contribution in [3.63, 3.8) is 0 Å². The van der Waals surface area contributed by atoms with Gasteiger partial charge in [-0.15, -0.1) is 0 Å². The van der Waals surface area contributed by atoms with Crippen LogP contribution in [0.1, 0.15) is 22.8 Å². The summed E-state index contributed by atoms with van der Waals surface area (Å²) in [5.41, 5.74) is 1.30. The third-order valence-corrected chi connectivity index (χ3v) is 4.41. The smallest absolute Gasteiger partial charge is 0.308 e. The van der Waals surface area contributed by atoms with E-state index in [-0.39, 0.29) is 22.9 Å². The van der Waals surface area contributed by atoms with Crippen molar-refractivity contribution < 1.29 is 29.0 Å². The molecule has 2 amide bonds. The predicted octanol–water partition coefficient (Wildman–Crippen LogP) is 3.74. The molecule has 3 aromatic rings. The number of phenolic OH excluding ortho intramolecular Hbond substituents is 1. The highest BCUT2D eigenvalue weighted by molar-refractivity contribution is 6.10. The van der Waals surface area contributed by atoms with Crippen molar-refractivity contribution >= 4 is 29.5 Å². The fourth-order valence-corrected chi connectivity index (χ4v) is 2.87. The zero-order chi connectivity index (χ0) is 23.8. The Balaban J connectivity index is 1.93. The molecule has 0 fully saturated rings. The molecule has 0 aliphatic carbocycles. The van der Waals surface area contributed by atoms with Gasteiger partial charge >= 0.3 is 5.97 Å². The van der Waals surface area contributed by atoms with Crippen molar-refractivity contribution in [1.82, 2.24) is 5.32 Å². The Kier molecular flexibility index (Phi) is 7.43. The Morgan fingerprint density at radius 2 is 1.61 bits per heavy atom. The van der Waals surface area contributed by atoms with Gasteiger partial charge in [0.1, 0.15) is 11.4 Å². The summed E-state index contributed by atoms with van der Waals surface area (Å²) in [5, 5.41) is 14.8. The number of nitrogens with one attached hydrogen (secondary N) is 2. The van der Waals surface area contributed by atoms with Crippen molar-refractivity contribution in [2.75, 3.05) is 12.4 Å². The molecule has 3 N–H and O–H groups in total. The van der Waals surface area contributed by atoms with E-state index in [1.54, 1.807) is 42.5 Å². The number of ether oxygens (including phenoxy) is 2. The molecular formula is C25H22N2O6. The van der Waals surface area contributed by atoms with Gasteiger partial charge in [0, 0.05) is 18.2 Å². The number of aromatic hydroxyl groups is 1. The lowest BCUT2D eigenvalue weighted by Crippen LogP contribution is -2.30. The van der Waals surface area contributed by atoms with Gasteiger partial charge in [-0.25, -0.2) is 0 Å². The van der Waals surface area contributed by atoms with Crippen LogP contribution in [0.25, 0.3) is 6.08 Å². The Labute approximate surface area is 190 Å². The van der Waals surface area contributed by atoms with Gasteiger partial charge in [-0.3, -0.25) is 14.4 Å². The van der Waals surface area contributed by atoms with E-state index in [1.165, 1.54) is 50.4 Å². The Morgan fingerprint density at radius 1 is 0.909 bits per heavy atom. The second kappa shape index (κ2) is 10.6. The van der Waals surface area contributed by atoms with Crippen molar-refractivity contribution in [2.45, 2.75) is 6.92 Å². The summed E-state index contributed by atoms with van der Waals surface area (Å²) >= 11 is 0. The number of phenols is 1. The molecule has 8 heteroatoms. The maximum absolute atomic E-state index is 13.0. The summed E-state index contributed by atoms with van der Waals surface area (Å²) in [6, 6.07) is 19.1. The Morgan fingerprint density at radius 3 is 2.24 bits per heavy atom. The summed E-state index contributed by atoms with van der Waals surface area (Å²) in [4.78, 5) is 37.0. The lowest BCUT2D eigenvalue weighted by Gasteiger charge is -2.12. The van der Waals surface area contributed by atoms with Gasteiger partial charge in [0.15, 0.2) is 11.5 Å². The number of rotatable bonds is 7. The predicted molar refractivity (Wildman–Crippen MR) is 123 cm³/mol. The standard InChI is InChI=1S/C25H22N2O6/c1-16(28)33-22-13-8-17(15-23(22)32-2)14-21(27-24(30)18-6-4-3-5-7-18)25(31)26-19-9-11-20(29)12-10-19/h3-15,29H,1-2H3,(H,26,31)(H,27,30)/b21-14-. The van der Waals surface area contributed by atoms with Crippen molar-refractivity contribution in [1.29, 1.82) is 0 Å². The summed E-state index contributed by atoms with van der Waals surface area (Å²) in [7, 11) is 1.42. The molecule has 0 aliphatic rings. The lowest BCUT2D eigenvalue weighted by molar-refractivity contribution is -0.132. The van der Waals surface area contributed by atoms with Crippen LogP contribution in [0.4, 0.5) is 5.69 Å². The number of hydrogen-bond acceptors (Lipinski definition) is 6. The zero-order valence-electron chi connectivity index (χ0n) is 18.0. The Bertz CT molecular complexity index is 1190. The first kappa shape index (κ1) is 23.1. The molecular weight excluding hydrogens is 424 g/mol. The second-order valence-electron chi connectivity index (χ2n) is 6.88. The first-order valence-electron chi connectivity index (χ1n) is 9.90. The van der Waals surface area contributed by atoms with E-state index < -0.39 is 17.8 Å². The molecule has 0 aliphatic heterocycles. The van der Waals surface area contributed by atoms with E-state index >= 15 is 0 Å². The van der Waals surface area contributed by atoms with E-state index in [9.17, 15) is 19.5 Å². The molecule has 0 unspecified atom stereocenters. The quantitative estimate of drug-likeness (QED) is 0.221. The van der Waals surface area contributed by atoms with Crippen molar-refractivity contribution in [2.24, 2.45) is 0 Å². The SMILES string of the molecule is COc1cc(/C=C(\NC(=O)c2ccccc2)C(=O)Nc2ccc(O)cc2)ccc1OC(C)=O. The number of anilines is 1. The molecule has 0 heterocycles. The fraction of sp³-hybridized carbons (Fsp3) is 0.0800. The highest BCUT2D eigenvalue weighted by Gasteiger charge is 2.16. The topological polar surface area (TPSA) is 114 Å². The van der Waals surface area contributed by atoms with Crippen LogP contribution in [0.5, 0.6) is 17.2 Å². The van der Waals surface area contributed by atoms with E-state index in [2.05, 4.69) is 10.6 Å². The van der Waals surface area contributed by atoms with Crippen LogP contribution in [0.15, 0.2) is 78.5 Å². The van der Waals surface area contributed by atoms with Crippen LogP contribution in [0.2, 0.25) is 0 Å². The molecule has 0 spiro atoms. The molecule has 168 valence electrons. The van der Waals surface area contributed by atoms with Crippen molar-refractivity contribution in [3.8, 4) is 17.2 Å². The molecule has 0 radical (unpaired) electrons. The van der Waals surface area contributed by atoms with Crippen LogP contribution in [-0.4, -0.2) is 30.0 Å². The normalized spacial score (nSPS) is 10.8. The second-order valence-corrected chi connectivity index (χ2v) is 6.88. The van der Waals surface area contributed by atoms with E-state index in [4.69, 9.17) is 9.47 Å². The minimum absolute atomic E-state index is 0.0285. The molecule has 3 aromatic carbocycles. The highest BCUT2D eigenvalue weighted by atomic mass is 16.6. The van der Waals surface area contributed by atoms with Crippen LogP contribution in [0, 0.1) is 0 Å². The molecule has 0 atom stereocenters. The summed E-state index contributed by atoms with van der Waals surface area (Å²) in [6.07, 6.45) is 1.47. The summed E-state index contributed by atoms with van der Waals surface area (Å²) < 4.78 is 10.4. The molecule has 33 heavy (non-hydrogen) atoms. The van der Waals surface area contributed by atoms with Gasteiger partial charge in [0.25, 0.3) is 11.8 Å². The van der Waals surface area contributed by atoms with Crippen LogP contribution < -0.4 is 20.1 Å². The third-order valence-electron chi connectivity index (χ3n) is 4.41. The highest BCUT2D eigenvalue weighted by Crippen LogP contribution is 2.29.